The number of amides is 2. The first-order valence-corrected chi connectivity index (χ1v) is 10.2. The molecule has 2 aromatic carbocycles. The van der Waals surface area contributed by atoms with Crippen LogP contribution in [0.4, 0.5) is 0 Å². The fourth-order valence-electron chi connectivity index (χ4n) is 3.02. The van der Waals surface area contributed by atoms with Gasteiger partial charge >= 0.3 is 0 Å². The molecule has 28 heavy (non-hydrogen) atoms. The maximum atomic E-state index is 13.2. The van der Waals surface area contributed by atoms with E-state index < -0.39 is 6.04 Å². The molecule has 5 heteroatoms. The van der Waals surface area contributed by atoms with Crippen LogP contribution in [0.2, 0.25) is 5.02 Å². The van der Waals surface area contributed by atoms with E-state index >= 15 is 0 Å². The first kappa shape index (κ1) is 22.0. The molecule has 0 aromatic heterocycles. The maximum Gasteiger partial charge on any atom is 0.243 e. The first-order valence-electron chi connectivity index (χ1n) is 9.82. The van der Waals surface area contributed by atoms with E-state index in [4.69, 9.17) is 11.6 Å². The van der Waals surface area contributed by atoms with Gasteiger partial charge in [-0.05, 0) is 43.0 Å². The summed E-state index contributed by atoms with van der Waals surface area (Å²) in [5.41, 5.74) is 1.88. The third-order valence-corrected chi connectivity index (χ3v) is 5.10. The molecule has 0 aliphatic heterocycles. The second kappa shape index (κ2) is 10.9. The summed E-state index contributed by atoms with van der Waals surface area (Å²) in [5, 5.41) is 3.67. The van der Waals surface area contributed by atoms with Crippen molar-refractivity contribution in [3.05, 3.63) is 70.7 Å². The number of rotatable bonds is 9. The molecule has 1 N–H and O–H groups in total. The number of carbonyl (C=O) groups excluding carboxylic acids is 2. The first-order chi connectivity index (χ1) is 13.4. The van der Waals surface area contributed by atoms with Crippen LogP contribution in [0.25, 0.3) is 0 Å². The maximum absolute atomic E-state index is 13.2. The van der Waals surface area contributed by atoms with E-state index in [0.29, 0.717) is 18.0 Å². The largest absolute Gasteiger partial charge is 0.352 e. The Morgan fingerprint density at radius 3 is 2.18 bits per heavy atom. The van der Waals surface area contributed by atoms with Crippen molar-refractivity contribution in [3.8, 4) is 0 Å². The van der Waals surface area contributed by atoms with Gasteiger partial charge in [0.05, 0.1) is 6.42 Å². The molecule has 0 unspecified atom stereocenters. The quantitative estimate of drug-likeness (QED) is 0.668. The van der Waals surface area contributed by atoms with E-state index in [1.807, 2.05) is 63.2 Å². The smallest absolute Gasteiger partial charge is 0.243 e. The summed E-state index contributed by atoms with van der Waals surface area (Å²) in [6, 6.07) is 16.6. The lowest BCUT2D eigenvalue weighted by Crippen LogP contribution is -2.51. The average molecular weight is 401 g/mol. The van der Waals surface area contributed by atoms with Crippen LogP contribution in [0.5, 0.6) is 0 Å². The highest BCUT2D eigenvalue weighted by Gasteiger charge is 2.29. The molecule has 2 amide bonds. The molecule has 150 valence electrons. The lowest BCUT2D eigenvalue weighted by molar-refractivity contribution is -0.141. The van der Waals surface area contributed by atoms with Crippen molar-refractivity contribution in [2.75, 3.05) is 0 Å². The Bertz CT molecular complexity index is 762. The van der Waals surface area contributed by atoms with Crippen molar-refractivity contribution in [1.82, 2.24) is 10.2 Å². The van der Waals surface area contributed by atoms with Crippen LogP contribution in [0, 0.1) is 0 Å². The molecule has 2 rings (SSSR count). The Labute approximate surface area is 172 Å². The Morgan fingerprint density at radius 2 is 1.61 bits per heavy atom. The van der Waals surface area contributed by atoms with Crippen LogP contribution >= 0.6 is 11.6 Å². The zero-order valence-electron chi connectivity index (χ0n) is 16.8. The molecular weight excluding hydrogens is 372 g/mol. The van der Waals surface area contributed by atoms with Crippen LogP contribution in [0.3, 0.4) is 0 Å². The second-order valence-electron chi connectivity index (χ2n) is 7.05. The minimum absolute atomic E-state index is 0.0627. The number of hydrogen-bond donors (Lipinski definition) is 1. The van der Waals surface area contributed by atoms with Crippen molar-refractivity contribution in [3.63, 3.8) is 0 Å². The Balaban J connectivity index is 2.25. The number of nitrogens with zero attached hydrogens (tertiary/aromatic N) is 1. The van der Waals surface area contributed by atoms with Gasteiger partial charge in [-0.2, -0.15) is 0 Å². The van der Waals surface area contributed by atoms with E-state index in [-0.39, 0.29) is 24.3 Å². The third kappa shape index (κ3) is 6.38. The van der Waals surface area contributed by atoms with Crippen molar-refractivity contribution < 1.29 is 9.59 Å². The normalized spacial score (nSPS) is 12.9. The summed E-state index contributed by atoms with van der Waals surface area (Å²) in [7, 11) is 0. The summed E-state index contributed by atoms with van der Waals surface area (Å²) in [6.07, 6.45) is 1.66. The number of hydrogen-bond acceptors (Lipinski definition) is 2. The van der Waals surface area contributed by atoms with Crippen LogP contribution in [0.1, 0.15) is 44.7 Å². The predicted molar refractivity (Wildman–Crippen MR) is 114 cm³/mol. The minimum Gasteiger partial charge on any atom is -0.352 e. The van der Waals surface area contributed by atoms with Crippen LogP contribution < -0.4 is 5.32 Å². The molecule has 0 bridgehead atoms. The SMILES string of the molecule is CC[C@H](C(=O)N[C@@H](C)CC)N(Cc1ccc(Cl)cc1)C(=O)Cc1ccccc1. The molecule has 0 saturated carbocycles. The Hall–Kier alpha value is -2.33. The van der Waals surface area contributed by atoms with Gasteiger partial charge in [-0.1, -0.05) is 67.9 Å². The highest BCUT2D eigenvalue weighted by molar-refractivity contribution is 6.30. The van der Waals surface area contributed by atoms with Crippen molar-refractivity contribution in [2.45, 2.75) is 58.7 Å². The summed E-state index contributed by atoms with van der Waals surface area (Å²) >= 11 is 5.99. The van der Waals surface area contributed by atoms with Gasteiger partial charge in [0.1, 0.15) is 6.04 Å². The minimum atomic E-state index is -0.513. The monoisotopic (exact) mass is 400 g/mol. The highest BCUT2D eigenvalue weighted by atomic mass is 35.5. The van der Waals surface area contributed by atoms with Crippen molar-refractivity contribution in [2.24, 2.45) is 0 Å². The molecule has 0 aliphatic rings. The Kier molecular flexibility index (Phi) is 8.52. The predicted octanol–water partition coefficient (Wildman–Crippen LogP) is 4.60. The van der Waals surface area contributed by atoms with Crippen LogP contribution in [-0.2, 0) is 22.6 Å². The molecular formula is C23H29ClN2O2. The average Bonchev–Trinajstić information content (AvgIpc) is 2.69. The van der Waals surface area contributed by atoms with Crippen molar-refractivity contribution >= 4 is 23.4 Å². The van der Waals surface area contributed by atoms with E-state index in [1.54, 1.807) is 17.0 Å². The lowest BCUT2D eigenvalue weighted by atomic mass is 10.1. The molecule has 0 saturated heterocycles. The topological polar surface area (TPSA) is 49.4 Å². The lowest BCUT2D eigenvalue weighted by Gasteiger charge is -2.31. The number of nitrogens with one attached hydrogen (secondary N) is 1. The van der Waals surface area contributed by atoms with E-state index in [1.165, 1.54) is 0 Å². The van der Waals surface area contributed by atoms with Gasteiger partial charge in [0.25, 0.3) is 0 Å². The molecule has 0 spiro atoms. The summed E-state index contributed by atoms with van der Waals surface area (Å²) < 4.78 is 0. The fraction of sp³-hybridized carbons (Fsp3) is 0.391. The molecule has 2 atom stereocenters. The number of carbonyl (C=O) groups is 2. The number of benzene rings is 2. The zero-order chi connectivity index (χ0) is 20.5. The summed E-state index contributed by atoms with van der Waals surface area (Å²) in [6.45, 7) is 6.30. The molecule has 0 aliphatic carbocycles. The molecule has 0 fully saturated rings. The summed E-state index contributed by atoms with van der Waals surface area (Å²) in [4.78, 5) is 27.7. The third-order valence-electron chi connectivity index (χ3n) is 4.85. The molecule has 4 nitrogen and oxygen atoms in total. The Morgan fingerprint density at radius 1 is 0.964 bits per heavy atom. The summed E-state index contributed by atoms with van der Waals surface area (Å²) in [5.74, 6) is -0.167. The van der Waals surface area contributed by atoms with Crippen LogP contribution in [0.15, 0.2) is 54.6 Å². The van der Waals surface area contributed by atoms with Gasteiger partial charge < -0.3 is 10.2 Å². The van der Waals surface area contributed by atoms with Crippen LogP contribution in [-0.4, -0.2) is 28.8 Å². The van der Waals surface area contributed by atoms with Crippen molar-refractivity contribution in [1.29, 1.82) is 0 Å². The van der Waals surface area contributed by atoms with E-state index in [0.717, 1.165) is 17.5 Å². The molecule has 0 radical (unpaired) electrons. The highest BCUT2D eigenvalue weighted by Crippen LogP contribution is 2.17. The van der Waals surface area contributed by atoms with E-state index in [2.05, 4.69) is 5.32 Å². The van der Waals surface area contributed by atoms with Gasteiger partial charge in [0.15, 0.2) is 0 Å². The fourth-order valence-corrected chi connectivity index (χ4v) is 3.15. The molecule has 0 heterocycles. The van der Waals surface area contributed by atoms with Gasteiger partial charge in [0.2, 0.25) is 11.8 Å². The van der Waals surface area contributed by atoms with Gasteiger partial charge in [-0.25, -0.2) is 0 Å². The zero-order valence-corrected chi connectivity index (χ0v) is 17.6. The number of halogens is 1. The standard InChI is InChI=1S/C23H29ClN2O2/c1-4-17(3)25-23(28)21(5-2)26(16-19-11-13-20(24)14-12-19)22(27)15-18-9-7-6-8-10-18/h6-14,17,21H,4-5,15-16H2,1-3H3,(H,25,28)/t17-,21+/m0/s1. The second-order valence-corrected chi connectivity index (χ2v) is 7.49. The van der Waals surface area contributed by atoms with Gasteiger partial charge in [0, 0.05) is 17.6 Å². The van der Waals surface area contributed by atoms with Gasteiger partial charge in [-0.15, -0.1) is 0 Å². The van der Waals surface area contributed by atoms with E-state index in [9.17, 15) is 9.59 Å². The molecule has 2 aromatic rings. The van der Waals surface area contributed by atoms with Gasteiger partial charge in [-0.3, -0.25) is 9.59 Å².